The Labute approximate surface area is 145 Å². The molecule has 120 valence electrons. The van der Waals surface area contributed by atoms with Gasteiger partial charge in [-0.1, -0.05) is 48.5 Å². The summed E-state index contributed by atoms with van der Waals surface area (Å²) >= 11 is 0. The first-order valence-corrected chi connectivity index (χ1v) is 8.36. The normalized spacial score (nSPS) is 14.5. The second kappa shape index (κ2) is 5.95. The van der Waals surface area contributed by atoms with Gasteiger partial charge in [-0.3, -0.25) is 4.98 Å². The molecule has 0 saturated carbocycles. The highest BCUT2D eigenvalue weighted by atomic mass is 16.6. The third-order valence-electron chi connectivity index (χ3n) is 4.53. The lowest BCUT2D eigenvalue weighted by Crippen LogP contribution is -2.31. The number of aromatic nitrogens is 2. The van der Waals surface area contributed by atoms with E-state index in [4.69, 9.17) is 14.3 Å². The van der Waals surface area contributed by atoms with E-state index >= 15 is 0 Å². The first-order valence-electron chi connectivity index (χ1n) is 8.36. The highest BCUT2D eigenvalue weighted by Gasteiger charge is 2.25. The summed E-state index contributed by atoms with van der Waals surface area (Å²) in [6, 6.07) is 20.5. The second-order valence-corrected chi connectivity index (χ2v) is 6.10. The monoisotopic (exact) mass is 326 g/mol. The van der Waals surface area contributed by atoms with E-state index in [0.29, 0.717) is 13.2 Å². The van der Waals surface area contributed by atoms with Gasteiger partial charge in [0.1, 0.15) is 0 Å². The molecular weight excluding hydrogens is 311 g/mol. The average molecular weight is 326 g/mol. The summed E-state index contributed by atoms with van der Waals surface area (Å²) in [4.78, 5) is 9.39. The minimum absolute atomic E-state index is 0.244. The average Bonchev–Trinajstić information content (AvgIpc) is 3.22. The molecular formula is C20H15BN2O2. The summed E-state index contributed by atoms with van der Waals surface area (Å²) in [7, 11) is -0.244. The van der Waals surface area contributed by atoms with Gasteiger partial charge in [0.25, 0.3) is 0 Å². The van der Waals surface area contributed by atoms with Crippen molar-refractivity contribution in [1.29, 1.82) is 0 Å². The largest absolute Gasteiger partial charge is 0.494 e. The molecule has 0 amide bonds. The SMILES string of the molecule is c1cnc2c(c1)ccc1ccc(-c3ccc(B4OCCO4)cc3)nc12. The fourth-order valence-electron chi connectivity index (χ4n) is 3.25. The molecule has 0 bridgehead atoms. The van der Waals surface area contributed by atoms with E-state index < -0.39 is 0 Å². The summed E-state index contributed by atoms with van der Waals surface area (Å²) in [6.45, 7) is 1.30. The lowest BCUT2D eigenvalue weighted by atomic mass is 9.79. The predicted octanol–water partition coefficient (Wildman–Crippen LogP) is 3.19. The molecule has 0 spiro atoms. The molecule has 0 unspecified atom stereocenters. The van der Waals surface area contributed by atoms with Gasteiger partial charge < -0.3 is 9.31 Å². The van der Waals surface area contributed by atoms with Crippen LogP contribution in [0.15, 0.2) is 66.9 Å². The zero-order valence-electron chi connectivity index (χ0n) is 13.6. The molecule has 0 N–H and O–H groups in total. The molecule has 1 aliphatic heterocycles. The van der Waals surface area contributed by atoms with E-state index in [1.54, 1.807) is 0 Å². The highest BCUT2D eigenvalue weighted by molar-refractivity contribution is 6.61. The van der Waals surface area contributed by atoms with Gasteiger partial charge in [0, 0.05) is 22.5 Å². The predicted molar refractivity (Wildman–Crippen MR) is 99.8 cm³/mol. The molecule has 2 aromatic heterocycles. The summed E-state index contributed by atoms with van der Waals surface area (Å²) in [5.41, 5.74) is 4.91. The first kappa shape index (κ1) is 14.6. The molecule has 3 heterocycles. The van der Waals surface area contributed by atoms with Gasteiger partial charge in [0.15, 0.2) is 0 Å². The van der Waals surface area contributed by atoms with E-state index in [-0.39, 0.29) is 7.12 Å². The summed E-state index contributed by atoms with van der Waals surface area (Å²) in [5, 5.41) is 2.20. The number of rotatable bonds is 2. The van der Waals surface area contributed by atoms with Gasteiger partial charge in [-0.25, -0.2) is 4.98 Å². The molecule has 1 saturated heterocycles. The van der Waals surface area contributed by atoms with Gasteiger partial charge >= 0.3 is 7.12 Å². The van der Waals surface area contributed by atoms with Crippen molar-refractivity contribution in [2.24, 2.45) is 0 Å². The molecule has 0 atom stereocenters. The first-order chi connectivity index (χ1) is 12.4. The fraction of sp³-hybridized carbons (Fsp3) is 0.100. The molecule has 5 rings (SSSR count). The molecule has 0 aliphatic carbocycles. The van der Waals surface area contributed by atoms with Crippen LogP contribution in [0.25, 0.3) is 33.1 Å². The highest BCUT2D eigenvalue weighted by Crippen LogP contribution is 2.25. The van der Waals surface area contributed by atoms with E-state index in [0.717, 1.165) is 38.5 Å². The quantitative estimate of drug-likeness (QED) is 0.419. The van der Waals surface area contributed by atoms with Crippen molar-refractivity contribution in [1.82, 2.24) is 9.97 Å². The van der Waals surface area contributed by atoms with Gasteiger partial charge in [0.2, 0.25) is 0 Å². The molecule has 5 heteroatoms. The summed E-state index contributed by atoms with van der Waals surface area (Å²) in [5.74, 6) is 0. The minimum Gasteiger partial charge on any atom is -0.405 e. The number of fused-ring (bicyclic) bond motifs is 3. The number of hydrogen-bond acceptors (Lipinski definition) is 4. The van der Waals surface area contributed by atoms with Crippen LogP contribution in [0.5, 0.6) is 0 Å². The van der Waals surface area contributed by atoms with Crippen molar-refractivity contribution in [2.45, 2.75) is 0 Å². The smallest absolute Gasteiger partial charge is 0.405 e. The topological polar surface area (TPSA) is 44.2 Å². The summed E-state index contributed by atoms with van der Waals surface area (Å²) < 4.78 is 11.1. The Hall–Kier alpha value is -2.76. The van der Waals surface area contributed by atoms with Crippen LogP contribution in [0.3, 0.4) is 0 Å². The van der Waals surface area contributed by atoms with Crippen molar-refractivity contribution in [2.75, 3.05) is 13.2 Å². The standard InChI is InChI=1S/C20H15BN2O2/c1-2-15-3-4-16-7-10-18(23-20(16)19(15)22-11-1)14-5-8-17(9-6-14)21-24-12-13-25-21/h1-11H,12-13H2. The fourth-order valence-corrected chi connectivity index (χ4v) is 3.25. The van der Waals surface area contributed by atoms with E-state index in [1.165, 1.54) is 0 Å². The van der Waals surface area contributed by atoms with Gasteiger partial charge in [-0.05, 0) is 17.6 Å². The van der Waals surface area contributed by atoms with E-state index in [1.807, 2.05) is 24.4 Å². The molecule has 0 radical (unpaired) electrons. The van der Waals surface area contributed by atoms with Crippen LogP contribution >= 0.6 is 0 Å². The van der Waals surface area contributed by atoms with Crippen LogP contribution in [-0.2, 0) is 9.31 Å². The van der Waals surface area contributed by atoms with Crippen LogP contribution in [0, 0.1) is 0 Å². The zero-order chi connectivity index (χ0) is 16.6. The lowest BCUT2D eigenvalue weighted by Gasteiger charge is -2.08. The van der Waals surface area contributed by atoms with Crippen LogP contribution < -0.4 is 5.46 Å². The Morgan fingerprint density at radius 1 is 0.760 bits per heavy atom. The molecule has 4 nitrogen and oxygen atoms in total. The maximum atomic E-state index is 5.54. The Kier molecular flexibility index (Phi) is 3.47. The Morgan fingerprint density at radius 2 is 1.48 bits per heavy atom. The Morgan fingerprint density at radius 3 is 2.28 bits per heavy atom. The van der Waals surface area contributed by atoms with Crippen molar-refractivity contribution in [3.63, 3.8) is 0 Å². The maximum Gasteiger partial charge on any atom is 0.494 e. The molecule has 1 aliphatic rings. The molecule has 1 fully saturated rings. The van der Waals surface area contributed by atoms with E-state index in [9.17, 15) is 0 Å². The summed E-state index contributed by atoms with van der Waals surface area (Å²) in [6.07, 6.45) is 1.81. The zero-order valence-corrected chi connectivity index (χ0v) is 13.6. The van der Waals surface area contributed by atoms with Crippen LogP contribution in [-0.4, -0.2) is 30.3 Å². The van der Waals surface area contributed by atoms with Crippen LogP contribution in [0.2, 0.25) is 0 Å². The third-order valence-corrected chi connectivity index (χ3v) is 4.53. The molecule has 25 heavy (non-hydrogen) atoms. The maximum absolute atomic E-state index is 5.54. The van der Waals surface area contributed by atoms with Crippen LogP contribution in [0.4, 0.5) is 0 Å². The van der Waals surface area contributed by atoms with E-state index in [2.05, 4.69) is 47.4 Å². The third kappa shape index (κ3) is 2.58. The van der Waals surface area contributed by atoms with Gasteiger partial charge in [-0.2, -0.15) is 0 Å². The van der Waals surface area contributed by atoms with Crippen LogP contribution in [0.1, 0.15) is 0 Å². The molecule has 4 aromatic rings. The number of pyridine rings is 2. The van der Waals surface area contributed by atoms with Crippen molar-refractivity contribution in [3.05, 3.63) is 66.9 Å². The number of nitrogens with zero attached hydrogens (tertiary/aromatic N) is 2. The number of hydrogen-bond donors (Lipinski definition) is 0. The molecule has 2 aromatic carbocycles. The number of benzene rings is 2. The van der Waals surface area contributed by atoms with Crippen molar-refractivity contribution in [3.8, 4) is 11.3 Å². The second-order valence-electron chi connectivity index (χ2n) is 6.10. The van der Waals surface area contributed by atoms with Crippen molar-refractivity contribution >= 4 is 34.4 Å². The van der Waals surface area contributed by atoms with Gasteiger partial charge in [0.05, 0.1) is 29.9 Å². The Balaban J connectivity index is 1.59. The van der Waals surface area contributed by atoms with Crippen molar-refractivity contribution < 1.29 is 9.31 Å². The van der Waals surface area contributed by atoms with Gasteiger partial charge in [-0.15, -0.1) is 0 Å². The Bertz CT molecular complexity index is 1060. The minimum atomic E-state index is -0.244. The lowest BCUT2D eigenvalue weighted by molar-refractivity contribution is 0.365.